The summed E-state index contributed by atoms with van der Waals surface area (Å²) in [6.45, 7) is 0. The Morgan fingerprint density at radius 2 is 1.82 bits per heavy atom. The second kappa shape index (κ2) is 7.07. The molecule has 0 fully saturated rings. The van der Waals surface area contributed by atoms with E-state index in [2.05, 4.69) is 4.74 Å². The third-order valence-electron chi connectivity index (χ3n) is 2.45. The van der Waals surface area contributed by atoms with Gasteiger partial charge in [0.1, 0.15) is 0 Å². The van der Waals surface area contributed by atoms with Crippen LogP contribution in [0, 0.1) is 0 Å². The molecule has 0 aliphatic rings. The maximum Gasteiger partial charge on any atom is 0.374 e. The van der Waals surface area contributed by atoms with Crippen molar-refractivity contribution >= 4 is 23.4 Å². The average molecular weight is 255 g/mol. The van der Waals surface area contributed by atoms with Gasteiger partial charge in [0.2, 0.25) is 5.78 Å². The van der Waals surface area contributed by atoms with E-state index in [9.17, 15) is 9.59 Å². The highest BCUT2D eigenvalue weighted by Crippen LogP contribution is 2.12. The summed E-state index contributed by atoms with van der Waals surface area (Å²) in [4.78, 5) is 22.0. The SMILES string of the molecule is COC(=O)C(=O)CCCCc1ccc(Cl)cc1. The smallest absolute Gasteiger partial charge is 0.374 e. The number of aryl methyl sites for hydroxylation is 1. The Labute approximate surface area is 106 Å². The summed E-state index contributed by atoms with van der Waals surface area (Å²) >= 11 is 5.77. The fraction of sp³-hybridized carbons (Fsp3) is 0.385. The summed E-state index contributed by atoms with van der Waals surface area (Å²) in [6.07, 6.45) is 2.69. The standard InChI is InChI=1S/C13H15ClO3/c1-17-13(16)12(15)5-3-2-4-10-6-8-11(14)9-7-10/h6-9H,2-5H2,1H3. The van der Waals surface area contributed by atoms with Crippen LogP contribution in [-0.2, 0) is 20.7 Å². The lowest BCUT2D eigenvalue weighted by Gasteiger charge is -2.01. The molecule has 0 radical (unpaired) electrons. The van der Waals surface area contributed by atoms with Gasteiger partial charge in [0.05, 0.1) is 7.11 Å². The fourth-order valence-corrected chi connectivity index (χ4v) is 1.61. The molecule has 1 rings (SSSR count). The molecule has 0 N–H and O–H groups in total. The first-order chi connectivity index (χ1) is 8.13. The number of esters is 1. The van der Waals surface area contributed by atoms with Gasteiger partial charge in [-0.25, -0.2) is 4.79 Å². The Morgan fingerprint density at radius 1 is 1.18 bits per heavy atom. The Bertz CT molecular complexity index is 384. The van der Waals surface area contributed by atoms with Crippen LogP contribution in [0.1, 0.15) is 24.8 Å². The highest BCUT2D eigenvalue weighted by Gasteiger charge is 2.12. The normalized spacial score (nSPS) is 10.0. The molecule has 0 spiro atoms. The molecule has 1 aromatic carbocycles. The van der Waals surface area contributed by atoms with Gasteiger partial charge in [-0.15, -0.1) is 0 Å². The predicted molar refractivity (Wildman–Crippen MR) is 66.0 cm³/mol. The summed E-state index contributed by atoms with van der Waals surface area (Å²) in [5.74, 6) is -1.21. The maximum atomic E-state index is 11.1. The first-order valence-corrected chi connectivity index (χ1v) is 5.87. The Hall–Kier alpha value is -1.35. The van der Waals surface area contributed by atoms with E-state index in [4.69, 9.17) is 11.6 Å². The molecule has 0 amide bonds. The summed E-state index contributed by atoms with van der Waals surface area (Å²) in [6, 6.07) is 7.61. The number of Topliss-reactive ketones (excluding diaryl/α,β-unsaturated/α-hetero) is 1. The van der Waals surface area contributed by atoms with E-state index in [1.165, 1.54) is 12.7 Å². The minimum absolute atomic E-state index is 0.250. The molecule has 0 bridgehead atoms. The molecular formula is C13H15ClO3. The minimum Gasteiger partial charge on any atom is -0.463 e. The van der Waals surface area contributed by atoms with Gasteiger partial charge in [0.15, 0.2) is 0 Å². The molecule has 0 heterocycles. The number of ether oxygens (including phenoxy) is 1. The van der Waals surface area contributed by atoms with Crippen LogP contribution in [0.2, 0.25) is 5.02 Å². The van der Waals surface area contributed by atoms with Crippen molar-refractivity contribution < 1.29 is 14.3 Å². The van der Waals surface area contributed by atoms with E-state index in [1.54, 1.807) is 0 Å². The summed E-state index contributed by atoms with van der Waals surface area (Å²) < 4.78 is 4.34. The van der Waals surface area contributed by atoms with Crippen molar-refractivity contribution in [3.8, 4) is 0 Å². The third-order valence-corrected chi connectivity index (χ3v) is 2.70. The van der Waals surface area contributed by atoms with E-state index in [0.29, 0.717) is 6.42 Å². The molecule has 4 heteroatoms. The van der Waals surface area contributed by atoms with Gasteiger partial charge in [0, 0.05) is 11.4 Å². The largest absolute Gasteiger partial charge is 0.463 e. The molecule has 0 aliphatic carbocycles. The second-order valence-corrected chi connectivity index (χ2v) is 4.18. The number of unbranched alkanes of at least 4 members (excludes halogenated alkanes) is 1. The number of hydrogen-bond acceptors (Lipinski definition) is 3. The summed E-state index contributed by atoms with van der Waals surface area (Å²) in [7, 11) is 1.22. The van der Waals surface area contributed by atoms with Crippen molar-refractivity contribution in [3.63, 3.8) is 0 Å². The first kappa shape index (κ1) is 13.7. The van der Waals surface area contributed by atoms with Gasteiger partial charge in [0.25, 0.3) is 0 Å². The quantitative estimate of drug-likeness (QED) is 0.445. The molecule has 0 unspecified atom stereocenters. The van der Waals surface area contributed by atoms with Crippen LogP contribution in [0.4, 0.5) is 0 Å². The van der Waals surface area contributed by atoms with Gasteiger partial charge < -0.3 is 4.74 Å². The van der Waals surface area contributed by atoms with Crippen molar-refractivity contribution in [1.82, 2.24) is 0 Å². The van der Waals surface area contributed by atoms with Crippen LogP contribution in [0.5, 0.6) is 0 Å². The molecule has 0 aliphatic heterocycles. The fourth-order valence-electron chi connectivity index (χ4n) is 1.48. The zero-order valence-corrected chi connectivity index (χ0v) is 10.5. The number of benzene rings is 1. The lowest BCUT2D eigenvalue weighted by atomic mass is 10.1. The van der Waals surface area contributed by atoms with Crippen molar-refractivity contribution in [3.05, 3.63) is 34.9 Å². The number of methoxy groups -OCH3 is 1. The van der Waals surface area contributed by atoms with E-state index in [1.807, 2.05) is 24.3 Å². The van der Waals surface area contributed by atoms with Crippen molar-refractivity contribution in [1.29, 1.82) is 0 Å². The van der Waals surface area contributed by atoms with Gasteiger partial charge >= 0.3 is 5.97 Å². The van der Waals surface area contributed by atoms with Crippen LogP contribution in [0.25, 0.3) is 0 Å². The van der Waals surface area contributed by atoms with Crippen LogP contribution >= 0.6 is 11.6 Å². The van der Waals surface area contributed by atoms with Gasteiger partial charge in [-0.3, -0.25) is 4.79 Å². The topological polar surface area (TPSA) is 43.4 Å². The van der Waals surface area contributed by atoms with Gasteiger partial charge in [-0.2, -0.15) is 0 Å². The molecule has 1 aromatic rings. The number of carbonyl (C=O) groups is 2. The number of halogens is 1. The average Bonchev–Trinajstić information content (AvgIpc) is 2.35. The number of carbonyl (C=O) groups excluding carboxylic acids is 2. The van der Waals surface area contributed by atoms with Crippen LogP contribution in [-0.4, -0.2) is 18.9 Å². The van der Waals surface area contributed by atoms with Crippen LogP contribution in [0.15, 0.2) is 24.3 Å². The third kappa shape index (κ3) is 5.00. The lowest BCUT2D eigenvalue weighted by molar-refractivity contribution is -0.151. The van der Waals surface area contributed by atoms with Crippen molar-refractivity contribution in [2.75, 3.05) is 7.11 Å². The number of hydrogen-bond donors (Lipinski definition) is 0. The molecule has 92 valence electrons. The first-order valence-electron chi connectivity index (χ1n) is 5.49. The Kier molecular flexibility index (Phi) is 5.70. The predicted octanol–water partition coefficient (Wildman–Crippen LogP) is 2.79. The van der Waals surface area contributed by atoms with E-state index in [-0.39, 0.29) is 6.42 Å². The zero-order valence-electron chi connectivity index (χ0n) is 9.74. The Balaban J connectivity index is 2.22. The molecule has 0 aromatic heterocycles. The van der Waals surface area contributed by atoms with Crippen LogP contribution in [0.3, 0.4) is 0 Å². The van der Waals surface area contributed by atoms with Gasteiger partial charge in [-0.05, 0) is 37.0 Å². The van der Waals surface area contributed by atoms with Gasteiger partial charge in [-0.1, -0.05) is 23.7 Å². The minimum atomic E-state index is -0.753. The maximum absolute atomic E-state index is 11.1. The molecule has 0 saturated carbocycles. The monoisotopic (exact) mass is 254 g/mol. The van der Waals surface area contributed by atoms with E-state index < -0.39 is 11.8 Å². The number of ketones is 1. The Morgan fingerprint density at radius 3 is 2.41 bits per heavy atom. The van der Waals surface area contributed by atoms with E-state index >= 15 is 0 Å². The second-order valence-electron chi connectivity index (χ2n) is 3.75. The zero-order chi connectivity index (χ0) is 12.7. The van der Waals surface area contributed by atoms with Crippen molar-refractivity contribution in [2.24, 2.45) is 0 Å². The van der Waals surface area contributed by atoms with Crippen LogP contribution < -0.4 is 0 Å². The molecule has 0 saturated heterocycles. The van der Waals surface area contributed by atoms with Crippen molar-refractivity contribution in [2.45, 2.75) is 25.7 Å². The summed E-state index contributed by atoms with van der Waals surface area (Å²) in [5.41, 5.74) is 1.18. The highest BCUT2D eigenvalue weighted by atomic mass is 35.5. The lowest BCUT2D eigenvalue weighted by Crippen LogP contribution is -2.14. The summed E-state index contributed by atoms with van der Waals surface area (Å²) in [5, 5.41) is 0.717. The molecule has 0 atom stereocenters. The molecule has 3 nitrogen and oxygen atoms in total. The molecular weight excluding hydrogens is 240 g/mol. The molecule has 17 heavy (non-hydrogen) atoms. The van der Waals surface area contributed by atoms with E-state index in [0.717, 1.165) is 17.9 Å². The highest BCUT2D eigenvalue weighted by molar-refractivity contribution is 6.33. The number of rotatable bonds is 6.